The summed E-state index contributed by atoms with van der Waals surface area (Å²) < 4.78 is 27.6. The zero-order valence-corrected chi connectivity index (χ0v) is 13.7. The van der Waals surface area contributed by atoms with Crippen molar-refractivity contribution in [3.8, 4) is 0 Å². The lowest BCUT2D eigenvalue weighted by Crippen LogP contribution is -2.36. The number of hydrogen-bond donors (Lipinski definition) is 0. The summed E-state index contributed by atoms with van der Waals surface area (Å²) in [6.07, 6.45) is 0.950. The van der Waals surface area contributed by atoms with Gasteiger partial charge in [0.2, 0.25) is 0 Å². The SMILES string of the molecule is Cc1cc(S(=O)(=O)N(C)C2CCSC2)sc1Br. The van der Waals surface area contributed by atoms with Gasteiger partial charge in [-0.1, -0.05) is 0 Å². The molecule has 1 aliphatic heterocycles. The van der Waals surface area contributed by atoms with Crippen molar-refractivity contribution in [3.05, 3.63) is 15.4 Å². The summed E-state index contributed by atoms with van der Waals surface area (Å²) in [5.41, 5.74) is 0.975. The summed E-state index contributed by atoms with van der Waals surface area (Å²) >= 11 is 6.48. The third-order valence-electron chi connectivity index (χ3n) is 2.89. The van der Waals surface area contributed by atoms with Crippen molar-refractivity contribution < 1.29 is 8.42 Å². The molecular weight excluding hydrogens is 342 g/mol. The topological polar surface area (TPSA) is 37.4 Å². The first-order valence-corrected chi connectivity index (χ1v) is 9.45. The van der Waals surface area contributed by atoms with Crippen molar-refractivity contribution >= 4 is 49.1 Å². The summed E-state index contributed by atoms with van der Waals surface area (Å²) in [5, 5.41) is 0. The molecule has 1 atom stereocenters. The standard InChI is InChI=1S/C10H14BrNO2S3/c1-7-5-9(16-10(7)11)17(13,14)12(2)8-3-4-15-6-8/h5,8H,3-4,6H2,1-2H3. The Labute approximate surface area is 119 Å². The van der Waals surface area contributed by atoms with Gasteiger partial charge in [-0.05, 0) is 46.7 Å². The number of nitrogens with zero attached hydrogens (tertiary/aromatic N) is 1. The Morgan fingerprint density at radius 1 is 1.53 bits per heavy atom. The van der Waals surface area contributed by atoms with Crippen LogP contribution in [0.1, 0.15) is 12.0 Å². The maximum absolute atomic E-state index is 12.4. The highest BCUT2D eigenvalue weighted by molar-refractivity contribution is 9.11. The maximum Gasteiger partial charge on any atom is 0.252 e. The third kappa shape index (κ3) is 2.73. The smallest absolute Gasteiger partial charge is 0.206 e. The highest BCUT2D eigenvalue weighted by atomic mass is 79.9. The highest BCUT2D eigenvalue weighted by Crippen LogP contribution is 2.34. The van der Waals surface area contributed by atoms with Gasteiger partial charge < -0.3 is 0 Å². The molecule has 1 aromatic heterocycles. The van der Waals surface area contributed by atoms with E-state index in [4.69, 9.17) is 0 Å². The van der Waals surface area contributed by atoms with Crippen LogP contribution in [0.5, 0.6) is 0 Å². The summed E-state index contributed by atoms with van der Waals surface area (Å²) in [6.45, 7) is 1.91. The molecule has 2 heterocycles. The van der Waals surface area contributed by atoms with E-state index >= 15 is 0 Å². The van der Waals surface area contributed by atoms with Crippen LogP contribution in [-0.2, 0) is 10.0 Å². The van der Waals surface area contributed by atoms with E-state index in [0.717, 1.165) is 27.3 Å². The van der Waals surface area contributed by atoms with Gasteiger partial charge in [0.1, 0.15) is 4.21 Å². The van der Waals surface area contributed by atoms with Crippen molar-refractivity contribution in [1.29, 1.82) is 0 Å². The number of rotatable bonds is 3. The minimum absolute atomic E-state index is 0.145. The number of aryl methyl sites for hydroxylation is 1. The van der Waals surface area contributed by atoms with E-state index in [1.807, 2.05) is 18.7 Å². The predicted molar refractivity (Wildman–Crippen MR) is 77.4 cm³/mol. The number of sulfonamides is 1. The average molecular weight is 356 g/mol. The molecule has 0 aromatic carbocycles. The van der Waals surface area contributed by atoms with Crippen LogP contribution in [0.2, 0.25) is 0 Å². The molecule has 2 rings (SSSR count). The molecular formula is C10H14BrNO2S3. The zero-order chi connectivity index (χ0) is 12.6. The van der Waals surface area contributed by atoms with Crippen LogP contribution >= 0.6 is 39.0 Å². The number of thiophene rings is 1. The quantitative estimate of drug-likeness (QED) is 0.836. The number of thioether (sulfide) groups is 1. The van der Waals surface area contributed by atoms with Crippen molar-refractivity contribution in [2.75, 3.05) is 18.6 Å². The van der Waals surface area contributed by atoms with Crippen LogP contribution in [0.15, 0.2) is 14.1 Å². The first-order valence-electron chi connectivity index (χ1n) is 5.24. The Bertz CT molecular complexity index is 486. The normalized spacial score (nSPS) is 21.3. The van der Waals surface area contributed by atoms with Gasteiger partial charge in [0.05, 0.1) is 3.79 Å². The molecule has 0 bridgehead atoms. The van der Waals surface area contributed by atoms with E-state index in [-0.39, 0.29) is 6.04 Å². The Kier molecular flexibility index (Phi) is 4.24. The van der Waals surface area contributed by atoms with Crippen LogP contribution in [-0.4, -0.2) is 37.3 Å². The number of hydrogen-bond acceptors (Lipinski definition) is 4. The molecule has 0 amide bonds. The summed E-state index contributed by atoms with van der Waals surface area (Å²) in [5.74, 6) is 1.96. The molecule has 0 N–H and O–H groups in total. The Hall–Kier alpha value is 0.440. The Balaban J connectivity index is 2.29. The summed E-state index contributed by atoms with van der Waals surface area (Å²) in [4.78, 5) is 0. The highest BCUT2D eigenvalue weighted by Gasteiger charge is 2.31. The van der Waals surface area contributed by atoms with Gasteiger partial charge in [-0.15, -0.1) is 11.3 Å². The van der Waals surface area contributed by atoms with Crippen molar-refractivity contribution in [3.63, 3.8) is 0 Å². The minimum atomic E-state index is -3.32. The van der Waals surface area contributed by atoms with Crippen molar-refractivity contribution in [2.24, 2.45) is 0 Å². The molecule has 1 aromatic rings. The fourth-order valence-corrected chi connectivity index (χ4v) is 6.87. The van der Waals surface area contributed by atoms with Crippen LogP contribution in [0.4, 0.5) is 0 Å². The molecule has 0 aliphatic carbocycles. The molecule has 1 aliphatic rings. The molecule has 0 radical (unpaired) electrons. The fraction of sp³-hybridized carbons (Fsp3) is 0.600. The second-order valence-corrected chi connectivity index (χ2v) is 9.81. The van der Waals surface area contributed by atoms with E-state index in [1.165, 1.54) is 15.6 Å². The lowest BCUT2D eigenvalue weighted by atomic mass is 10.3. The van der Waals surface area contributed by atoms with Gasteiger partial charge in [0.25, 0.3) is 10.0 Å². The molecule has 7 heteroatoms. The van der Waals surface area contributed by atoms with E-state index < -0.39 is 10.0 Å². The second kappa shape index (κ2) is 5.21. The summed E-state index contributed by atoms with van der Waals surface area (Å²) in [6, 6.07) is 1.88. The van der Waals surface area contributed by atoms with Gasteiger partial charge in [0, 0.05) is 18.8 Å². The Morgan fingerprint density at radius 2 is 2.24 bits per heavy atom. The zero-order valence-electron chi connectivity index (χ0n) is 9.64. The first-order chi connectivity index (χ1) is 7.93. The van der Waals surface area contributed by atoms with Gasteiger partial charge in [-0.25, -0.2) is 8.42 Å². The lowest BCUT2D eigenvalue weighted by Gasteiger charge is -2.22. The van der Waals surface area contributed by atoms with E-state index in [1.54, 1.807) is 13.1 Å². The molecule has 17 heavy (non-hydrogen) atoms. The van der Waals surface area contributed by atoms with Gasteiger partial charge >= 0.3 is 0 Å². The molecule has 0 spiro atoms. The molecule has 0 saturated carbocycles. The van der Waals surface area contributed by atoms with Gasteiger partial charge in [-0.3, -0.25) is 0 Å². The monoisotopic (exact) mass is 355 g/mol. The minimum Gasteiger partial charge on any atom is -0.206 e. The van der Waals surface area contributed by atoms with E-state index in [0.29, 0.717) is 4.21 Å². The van der Waals surface area contributed by atoms with Crippen LogP contribution in [0, 0.1) is 6.92 Å². The van der Waals surface area contributed by atoms with Crippen LogP contribution in [0.3, 0.4) is 0 Å². The van der Waals surface area contributed by atoms with Crippen molar-refractivity contribution in [2.45, 2.75) is 23.6 Å². The van der Waals surface area contributed by atoms with Gasteiger partial charge in [-0.2, -0.15) is 16.1 Å². The largest absolute Gasteiger partial charge is 0.252 e. The lowest BCUT2D eigenvalue weighted by molar-refractivity contribution is 0.395. The molecule has 96 valence electrons. The second-order valence-electron chi connectivity index (χ2n) is 4.06. The predicted octanol–water partition coefficient (Wildman–Crippen LogP) is 2.95. The maximum atomic E-state index is 12.4. The average Bonchev–Trinajstić information content (AvgIpc) is 2.88. The third-order valence-corrected chi connectivity index (χ3v) is 8.53. The molecule has 1 unspecified atom stereocenters. The first kappa shape index (κ1) is 13.9. The van der Waals surface area contributed by atoms with Gasteiger partial charge in [0.15, 0.2) is 0 Å². The fourth-order valence-electron chi connectivity index (χ4n) is 1.71. The molecule has 3 nitrogen and oxygen atoms in total. The summed E-state index contributed by atoms with van der Waals surface area (Å²) in [7, 11) is -1.63. The van der Waals surface area contributed by atoms with Crippen LogP contribution in [0.25, 0.3) is 0 Å². The molecule has 1 fully saturated rings. The van der Waals surface area contributed by atoms with Crippen molar-refractivity contribution in [1.82, 2.24) is 4.31 Å². The number of halogens is 1. The van der Waals surface area contributed by atoms with E-state index in [2.05, 4.69) is 15.9 Å². The molecule has 1 saturated heterocycles. The van der Waals surface area contributed by atoms with E-state index in [9.17, 15) is 8.42 Å². The Morgan fingerprint density at radius 3 is 2.71 bits per heavy atom. The van der Waals surface area contributed by atoms with Crippen LogP contribution < -0.4 is 0 Å².